The van der Waals surface area contributed by atoms with Crippen molar-refractivity contribution in [1.82, 2.24) is 0 Å². The molecule has 2 aromatic carbocycles. The van der Waals surface area contributed by atoms with Crippen LogP contribution in [0, 0.1) is 17.5 Å². The molecule has 2 aromatic rings. The smallest absolute Gasteiger partial charge is 0.198 e. The Morgan fingerprint density at radius 3 is 2.10 bits per heavy atom. The van der Waals surface area contributed by atoms with Gasteiger partial charge in [-0.2, -0.15) is 0 Å². The second-order valence-corrected chi connectivity index (χ2v) is 8.23. The van der Waals surface area contributed by atoms with Gasteiger partial charge in [0.2, 0.25) is 0 Å². The van der Waals surface area contributed by atoms with Crippen LogP contribution in [0.15, 0.2) is 36.1 Å². The van der Waals surface area contributed by atoms with Crippen LogP contribution >= 0.6 is 0 Å². The summed E-state index contributed by atoms with van der Waals surface area (Å²) in [4.78, 5) is 13.1. The van der Waals surface area contributed by atoms with Gasteiger partial charge in [-0.15, -0.1) is 0 Å². The Kier molecular flexibility index (Phi) is 5.58. The van der Waals surface area contributed by atoms with Gasteiger partial charge in [0.1, 0.15) is 17.0 Å². The number of ether oxygens (including phenoxy) is 1. The molecular formula is C24H25F3O3. The summed E-state index contributed by atoms with van der Waals surface area (Å²) in [5, 5.41) is 10.9. The fraction of sp³-hybridized carbons (Fsp3) is 0.375. The third kappa shape index (κ3) is 3.54. The largest absolute Gasteiger partial charge is 0.508 e. The second kappa shape index (κ2) is 7.58. The Hall–Kier alpha value is -2.60. The Bertz CT molecular complexity index is 1030. The van der Waals surface area contributed by atoms with Crippen molar-refractivity contribution in [3.05, 3.63) is 64.7 Å². The molecule has 0 fully saturated rings. The number of benzene rings is 2. The first kappa shape index (κ1) is 22.1. The number of carbonyl (C=O) groups excluding carboxylic acids is 1. The third-order valence-corrected chi connectivity index (χ3v) is 5.74. The van der Waals surface area contributed by atoms with E-state index < -0.39 is 28.7 Å². The van der Waals surface area contributed by atoms with Crippen molar-refractivity contribution in [2.24, 2.45) is 0 Å². The molecule has 0 saturated carbocycles. The highest BCUT2D eigenvalue weighted by molar-refractivity contribution is 6.26. The summed E-state index contributed by atoms with van der Waals surface area (Å²) in [5.41, 5.74) is -0.0332. The highest BCUT2D eigenvalue weighted by Gasteiger charge is 2.48. The molecule has 6 heteroatoms. The Morgan fingerprint density at radius 1 is 0.967 bits per heavy atom. The monoisotopic (exact) mass is 418 g/mol. The van der Waals surface area contributed by atoms with Gasteiger partial charge in [-0.1, -0.05) is 32.0 Å². The molecule has 3 nitrogen and oxygen atoms in total. The van der Waals surface area contributed by atoms with Gasteiger partial charge < -0.3 is 9.84 Å². The zero-order chi connectivity index (χ0) is 22.4. The number of aliphatic hydroxyl groups excluding tert-OH is 1. The van der Waals surface area contributed by atoms with Crippen molar-refractivity contribution in [3.63, 3.8) is 0 Å². The van der Waals surface area contributed by atoms with E-state index in [1.807, 2.05) is 13.8 Å². The highest BCUT2D eigenvalue weighted by atomic mass is 19.2. The van der Waals surface area contributed by atoms with Crippen LogP contribution in [0.3, 0.4) is 0 Å². The van der Waals surface area contributed by atoms with Crippen LogP contribution in [-0.4, -0.2) is 22.1 Å². The fourth-order valence-electron chi connectivity index (χ4n) is 3.85. The van der Waals surface area contributed by atoms with E-state index in [2.05, 4.69) is 0 Å². The van der Waals surface area contributed by atoms with E-state index in [0.29, 0.717) is 29.5 Å². The third-order valence-electron chi connectivity index (χ3n) is 5.74. The topological polar surface area (TPSA) is 46.5 Å². The molecule has 1 aliphatic rings. The summed E-state index contributed by atoms with van der Waals surface area (Å²) in [6.07, 6.45) is 0.968. The average molecular weight is 418 g/mol. The summed E-state index contributed by atoms with van der Waals surface area (Å²) >= 11 is 0. The van der Waals surface area contributed by atoms with Crippen LogP contribution in [0.5, 0.6) is 0 Å². The van der Waals surface area contributed by atoms with Crippen LogP contribution in [0.1, 0.15) is 52.2 Å². The first-order valence-electron chi connectivity index (χ1n) is 9.92. The molecule has 0 amide bonds. The normalized spacial score (nSPS) is 21.3. The maximum Gasteiger partial charge on any atom is 0.198 e. The van der Waals surface area contributed by atoms with E-state index in [1.54, 1.807) is 39.0 Å². The second-order valence-electron chi connectivity index (χ2n) is 8.23. The van der Waals surface area contributed by atoms with E-state index in [4.69, 9.17) is 4.74 Å². The van der Waals surface area contributed by atoms with Crippen LogP contribution in [0.25, 0.3) is 16.7 Å². The molecule has 160 valence electrons. The fourth-order valence-corrected chi connectivity index (χ4v) is 3.85. The van der Waals surface area contributed by atoms with E-state index in [0.717, 1.165) is 12.1 Å². The van der Waals surface area contributed by atoms with Crippen LogP contribution in [-0.2, 0) is 16.0 Å². The molecule has 0 spiro atoms. The van der Waals surface area contributed by atoms with Gasteiger partial charge in [-0.05, 0) is 68.0 Å². The lowest BCUT2D eigenvalue weighted by molar-refractivity contribution is -0.162. The number of Topliss-reactive ketones (excluding diaryl/α,β-unsaturated/α-hetero) is 1. The molecule has 0 aliphatic carbocycles. The number of aliphatic hydroxyl groups is 1. The zero-order valence-corrected chi connectivity index (χ0v) is 17.7. The lowest BCUT2D eigenvalue weighted by Gasteiger charge is -2.42. The van der Waals surface area contributed by atoms with Crippen molar-refractivity contribution >= 4 is 11.4 Å². The number of hydrogen-bond donors (Lipinski definition) is 1. The summed E-state index contributed by atoms with van der Waals surface area (Å²) in [6.45, 7) is 8.81. The maximum atomic E-state index is 13.7. The lowest BCUT2D eigenvalue weighted by atomic mass is 9.79. The van der Waals surface area contributed by atoms with Crippen molar-refractivity contribution in [2.75, 3.05) is 0 Å². The molecule has 1 unspecified atom stereocenters. The van der Waals surface area contributed by atoms with Crippen molar-refractivity contribution in [1.29, 1.82) is 0 Å². The predicted octanol–water partition coefficient (Wildman–Crippen LogP) is 6.15. The Balaban J connectivity index is 2.20. The minimum atomic E-state index is -1.52. The predicted molar refractivity (Wildman–Crippen MR) is 110 cm³/mol. The average Bonchev–Trinajstić information content (AvgIpc) is 2.70. The van der Waals surface area contributed by atoms with Gasteiger partial charge in [0, 0.05) is 0 Å². The zero-order valence-electron chi connectivity index (χ0n) is 17.7. The maximum absolute atomic E-state index is 13.7. The van der Waals surface area contributed by atoms with Crippen LogP contribution in [0.2, 0.25) is 0 Å². The molecule has 3 rings (SSSR count). The van der Waals surface area contributed by atoms with Gasteiger partial charge in [0.15, 0.2) is 23.2 Å². The quantitative estimate of drug-likeness (QED) is 0.606. The molecule has 30 heavy (non-hydrogen) atoms. The number of ketones is 1. The molecule has 0 aromatic heterocycles. The van der Waals surface area contributed by atoms with Crippen LogP contribution < -0.4 is 0 Å². The molecular weight excluding hydrogens is 393 g/mol. The molecule has 1 aliphatic heterocycles. The summed E-state index contributed by atoms with van der Waals surface area (Å²) in [6, 6.07) is 6.80. The van der Waals surface area contributed by atoms with Gasteiger partial charge in [0.25, 0.3) is 0 Å². The number of hydrogen-bond acceptors (Lipinski definition) is 3. The summed E-state index contributed by atoms with van der Waals surface area (Å²) in [7, 11) is 0. The lowest BCUT2D eigenvalue weighted by Crippen LogP contribution is -2.50. The molecule has 1 atom stereocenters. The minimum Gasteiger partial charge on any atom is -0.508 e. The minimum absolute atomic E-state index is 0.129. The van der Waals surface area contributed by atoms with Gasteiger partial charge >= 0.3 is 0 Å². The van der Waals surface area contributed by atoms with E-state index in [1.165, 1.54) is 0 Å². The van der Waals surface area contributed by atoms with Crippen molar-refractivity contribution < 1.29 is 27.8 Å². The molecule has 0 saturated heterocycles. The van der Waals surface area contributed by atoms with Crippen molar-refractivity contribution in [2.45, 2.75) is 58.7 Å². The molecule has 0 radical (unpaired) electrons. The molecule has 0 bridgehead atoms. The van der Waals surface area contributed by atoms with Crippen molar-refractivity contribution in [3.8, 4) is 11.1 Å². The number of carbonyl (C=O) groups is 1. The van der Waals surface area contributed by atoms with E-state index >= 15 is 0 Å². The first-order chi connectivity index (χ1) is 13.9. The Morgan fingerprint density at radius 2 is 1.57 bits per heavy atom. The Labute approximate surface area is 174 Å². The van der Waals surface area contributed by atoms with Crippen LogP contribution in [0.4, 0.5) is 13.2 Å². The summed E-state index contributed by atoms with van der Waals surface area (Å²) in [5.74, 6) is -4.53. The first-order valence-corrected chi connectivity index (χ1v) is 9.92. The number of halogens is 3. The van der Waals surface area contributed by atoms with E-state index in [9.17, 15) is 23.1 Å². The van der Waals surface area contributed by atoms with Gasteiger partial charge in [0.05, 0.1) is 5.57 Å². The highest BCUT2D eigenvalue weighted by Crippen LogP contribution is 2.43. The summed E-state index contributed by atoms with van der Waals surface area (Å²) < 4.78 is 46.6. The standard InChI is InChI=1S/C24H25F3O3/c1-6-13-10-14(15-11-17(25)20(27)18(26)12-15)8-9-16(13)19-21(28)23(3,4)30-24(5,7-2)22(19)29/h8-12,29H,6-7H2,1-5H3. The molecule has 1 heterocycles. The number of aryl methyl sites for hydroxylation is 1. The van der Waals surface area contributed by atoms with Gasteiger partial charge in [-0.3, -0.25) is 4.79 Å². The molecule has 1 N–H and O–H groups in total. The number of rotatable bonds is 4. The van der Waals surface area contributed by atoms with Gasteiger partial charge in [-0.25, -0.2) is 13.2 Å². The van der Waals surface area contributed by atoms with E-state index in [-0.39, 0.29) is 22.7 Å². The SMILES string of the molecule is CCc1cc(-c2cc(F)c(F)c(F)c2)ccc1C1=C(O)C(C)(CC)OC(C)(C)C1=O.